The highest BCUT2D eigenvalue weighted by Crippen LogP contribution is 2.02. The molecule has 0 aliphatic heterocycles. The van der Waals surface area contributed by atoms with E-state index in [9.17, 15) is 4.79 Å². The van der Waals surface area contributed by atoms with Crippen molar-refractivity contribution in [2.24, 2.45) is 0 Å². The molecule has 0 saturated carbocycles. The fourth-order valence-corrected chi connectivity index (χ4v) is 0.870. The van der Waals surface area contributed by atoms with Gasteiger partial charge in [0.1, 0.15) is 0 Å². The second-order valence-corrected chi connectivity index (χ2v) is 3.88. The van der Waals surface area contributed by atoms with Crippen molar-refractivity contribution < 1.29 is 4.79 Å². The third-order valence-electron chi connectivity index (χ3n) is 1.37. The Bertz CT molecular complexity index is 288. The third kappa shape index (κ3) is 3.23. The van der Waals surface area contributed by atoms with Crippen LogP contribution in [-0.4, -0.2) is 16.4 Å². The predicted octanol–water partition coefficient (Wildman–Crippen LogP) is 1.41. The van der Waals surface area contributed by atoms with Gasteiger partial charge in [0, 0.05) is 17.3 Å². The molecule has 1 aromatic heterocycles. The largest absolute Gasteiger partial charge is 0.347 e. The summed E-state index contributed by atoms with van der Waals surface area (Å²) in [5, 5.41) is 2.85. The van der Waals surface area contributed by atoms with Crippen LogP contribution in [0, 0.1) is 6.20 Å². The van der Waals surface area contributed by atoms with Gasteiger partial charge in [-0.1, -0.05) is 0 Å². The smallest absolute Gasteiger partial charge is 0.251 e. The van der Waals surface area contributed by atoms with Crippen molar-refractivity contribution in [1.82, 2.24) is 10.3 Å². The van der Waals surface area contributed by atoms with Crippen LogP contribution in [0.25, 0.3) is 0 Å². The van der Waals surface area contributed by atoms with Crippen LogP contribution < -0.4 is 5.32 Å². The van der Waals surface area contributed by atoms with Gasteiger partial charge in [-0.25, -0.2) is 0 Å². The van der Waals surface area contributed by atoms with E-state index in [0.717, 1.165) is 0 Å². The van der Waals surface area contributed by atoms with Gasteiger partial charge in [0.25, 0.3) is 5.91 Å². The normalized spacial score (nSPS) is 11.0. The molecule has 0 bridgehead atoms. The molecular formula is C10H13N2O. The molecule has 1 N–H and O–H groups in total. The Hall–Kier alpha value is -1.38. The summed E-state index contributed by atoms with van der Waals surface area (Å²) >= 11 is 0. The van der Waals surface area contributed by atoms with Gasteiger partial charge in [-0.3, -0.25) is 9.78 Å². The number of nitrogens with zero attached hydrogens (tertiary/aromatic N) is 1. The molecule has 0 atom stereocenters. The van der Waals surface area contributed by atoms with E-state index in [1.807, 2.05) is 20.8 Å². The molecule has 13 heavy (non-hydrogen) atoms. The summed E-state index contributed by atoms with van der Waals surface area (Å²) in [6, 6.07) is 3.23. The number of carbonyl (C=O) groups is 1. The molecule has 1 radical (unpaired) electrons. The molecular weight excluding hydrogens is 164 g/mol. The number of aromatic nitrogens is 1. The highest BCUT2D eigenvalue weighted by Gasteiger charge is 2.14. The number of rotatable bonds is 1. The lowest BCUT2D eigenvalue weighted by Crippen LogP contribution is -2.40. The zero-order valence-corrected chi connectivity index (χ0v) is 8.09. The molecule has 0 aliphatic rings. The molecule has 1 amide bonds. The first-order valence-corrected chi connectivity index (χ1v) is 4.14. The minimum atomic E-state index is -0.208. The Labute approximate surface area is 78.2 Å². The maximum Gasteiger partial charge on any atom is 0.251 e. The molecule has 0 unspecified atom stereocenters. The molecule has 0 aliphatic carbocycles. The third-order valence-corrected chi connectivity index (χ3v) is 1.37. The fraction of sp³-hybridized carbons (Fsp3) is 0.400. The molecule has 1 rings (SSSR count). The number of nitrogens with one attached hydrogen (secondary N) is 1. The molecule has 1 heterocycles. The molecule has 1 aromatic rings. The van der Waals surface area contributed by atoms with Crippen molar-refractivity contribution in [2.75, 3.05) is 0 Å². The second kappa shape index (κ2) is 3.56. The van der Waals surface area contributed by atoms with Crippen molar-refractivity contribution in [3.05, 3.63) is 30.1 Å². The van der Waals surface area contributed by atoms with E-state index in [1.165, 1.54) is 0 Å². The van der Waals surface area contributed by atoms with E-state index < -0.39 is 0 Å². The van der Waals surface area contributed by atoms with Gasteiger partial charge in [-0.15, -0.1) is 0 Å². The summed E-state index contributed by atoms with van der Waals surface area (Å²) in [5.41, 5.74) is 0.380. The minimum Gasteiger partial charge on any atom is -0.347 e. The van der Waals surface area contributed by atoms with E-state index in [2.05, 4.69) is 16.5 Å². The maximum atomic E-state index is 11.5. The van der Waals surface area contributed by atoms with Gasteiger partial charge in [-0.2, -0.15) is 0 Å². The topological polar surface area (TPSA) is 42.0 Å². The maximum absolute atomic E-state index is 11.5. The highest BCUT2D eigenvalue weighted by molar-refractivity contribution is 5.94. The predicted molar refractivity (Wildman–Crippen MR) is 50.3 cm³/mol. The SMILES string of the molecule is CC(C)(C)NC(=O)c1c[c]ncc1. The van der Waals surface area contributed by atoms with Crippen molar-refractivity contribution >= 4 is 5.91 Å². The summed E-state index contributed by atoms with van der Waals surface area (Å²) in [6.45, 7) is 5.82. The monoisotopic (exact) mass is 177 g/mol. The molecule has 3 heteroatoms. The van der Waals surface area contributed by atoms with Crippen molar-refractivity contribution in [1.29, 1.82) is 0 Å². The zero-order chi connectivity index (χ0) is 9.90. The summed E-state index contributed by atoms with van der Waals surface area (Å²) < 4.78 is 0. The molecule has 0 spiro atoms. The van der Waals surface area contributed by atoms with Gasteiger partial charge in [0.2, 0.25) is 0 Å². The fourth-order valence-electron chi connectivity index (χ4n) is 0.870. The first kappa shape index (κ1) is 9.71. The van der Waals surface area contributed by atoms with E-state index >= 15 is 0 Å². The Morgan fingerprint density at radius 2 is 2.23 bits per heavy atom. The lowest BCUT2D eigenvalue weighted by molar-refractivity contribution is 0.0919. The van der Waals surface area contributed by atoms with Crippen LogP contribution in [0.1, 0.15) is 31.1 Å². The van der Waals surface area contributed by atoms with Gasteiger partial charge in [-0.05, 0) is 32.9 Å². The second-order valence-electron chi connectivity index (χ2n) is 3.88. The Balaban J connectivity index is 2.71. The molecule has 0 saturated heterocycles. The standard InChI is InChI=1S/C10H13N2O/c1-10(2,3)12-9(13)8-4-6-11-7-5-8/h4-6H,1-3H3,(H,12,13). The summed E-state index contributed by atoms with van der Waals surface area (Å²) in [5.74, 6) is -0.0915. The lowest BCUT2D eigenvalue weighted by atomic mass is 10.1. The summed E-state index contributed by atoms with van der Waals surface area (Å²) in [6.07, 6.45) is 4.17. The molecule has 3 nitrogen and oxygen atoms in total. The summed E-state index contributed by atoms with van der Waals surface area (Å²) in [4.78, 5) is 15.2. The van der Waals surface area contributed by atoms with Gasteiger partial charge < -0.3 is 5.32 Å². The van der Waals surface area contributed by atoms with Crippen LogP contribution in [0.2, 0.25) is 0 Å². The zero-order valence-electron chi connectivity index (χ0n) is 8.09. The first-order valence-electron chi connectivity index (χ1n) is 4.14. The van der Waals surface area contributed by atoms with E-state index in [-0.39, 0.29) is 11.4 Å². The number of pyridine rings is 1. The number of hydrogen-bond donors (Lipinski definition) is 1. The molecule has 0 aromatic carbocycles. The number of hydrogen-bond acceptors (Lipinski definition) is 2. The molecule has 0 fully saturated rings. The van der Waals surface area contributed by atoms with Crippen molar-refractivity contribution in [3.63, 3.8) is 0 Å². The lowest BCUT2D eigenvalue weighted by Gasteiger charge is -2.20. The van der Waals surface area contributed by atoms with Gasteiger partial charge >= 0.3 is 0 Å². The van der Waals surface area contributed by atoms with Crippen LogP contribution in [0.3, 0.4) is 0 Å². The Morgan fingerprint density at radius 3 is 2.69 bits per heavy atom. The van der Waals surface area contributed by atoms with Crippen LogP contribution >= 0.6 is 0 Å². The van der Waals surface area contributed by atoms with Gasteiger partial charge in [0.05, 0.1) is 6.20 Å². The summed E-state index contributed by atoms with van der Waals surface area (Å²) in [7, 11) is 0. The van der Waals surface area contributed by atoms with Crippen LogP contribution in [-0.2, 0) is 0 Å². The first-order chi connectivity index (χ1) is 5.99. The van der Waals surface area contributed by atoms with E-state index in [1.54, 1.807) is 18.3 Å². The molecule has 69 valence electrons. The van der Waals surface area contributed by atoms with E-state index in [0.29, 0.717) is 5.56 Å². The van der Waals surface area contributed by atoms with Crippen molar-refractivity contribution in [2.45, 2.75) is 26.3 Å². The quantitative estimate of drug-likeness (QED) is 0.704. The Kier molecular flexibility index (Phi) is 2.66. The number of amides is 1. The Morgan fingerprint density at radius 1 is 1.54 bits per heavy atom. The average Bonchev–Trinajstić information content (AvgIpc) is 2.03. The van der Waals surface area contributed by atoms with Crippen molar-refractivity contribution in [3.8, 4) is 0 Å². The van der Waals surface area contributed by atoms with Gasteiger partial charge in [0.15, 0.2) is 0 Å². The van der Waals surface area contributed by atoms with Crippen LogP contribution in [0.4, 0.5) is 0 Å². The average molecular weight is 177 g/mol. The van der Waals surface area contributed by atoms with Crippen LogP contribution in [0.5, 0.6) is 0 Å². The number of carbonyl (C=O) groups excluding carboxylic acids is 1. The highest BCUT2D eigenvalue weighted by atomic mass is 16.1. The van der Waals surface area contributed by atoms with E-state index in [4.69, 9.17) is 0 Å². The minimum absolute atomic E-state index is 0.0915. The van der Waals surface area contributed by atoms with Crippen LogP contribution in [0.15, 0.2) is 18.3 Å².